The first kappa shape index (κ1) is 20.4. The highest BCUT2D eigenvalue weighted by Gasteiger charge is 2.37. The number of nitrogens with zero attached hydrogens (tertiary/aromatic N) is 2. The second-order valence-electron chi connectivity index (χ2n) is 6.19. The van der Waals surface area contributed by atoms with Gasteiger partial charge in [0.05, 0.1) is 13.1 Å². The molecule has 0 aromatic heterocycles. The van der Waals surface area contributed by atoms with Gasteiger partial charge in [-0.2, -0.15) is 0 Å². The number of anilines is 1. The number of carbonyl (C=O) groups is 3. The molecule has 0 aliphatic carbocycles. The number of thioether (sulfide) groups is 1. The predicted octanol–water partition coefficient (Wildman–Crippen LogP) is 1.65. The van der Waals surface area contributed by atoms with Gasteiger partial charge in [0, 0.05) is 19.2 Å². The fourth-order valence-corrected chi connectivity index (χ4v) is 3.87. The van der Waals surface area contributed by atoms with E-state index in [2.05, 4.69) is 10.3 Å². The molecule has 2 aromatic rings. The van der Waals surface area contributed by atoms with Crippen molar-refractivity contribution in [3.63, 3.8) is 0 Å². The van der Waals surface area contributed by atoms with Crippen molar-refractivity contribution >= 4 is 46.1 Å². The normalized spacial score (nSPS) is 17.4. The summed E-state index contributed by atoms with van der Waals surface area (Å²) < 4.78 is 5.27. The smallest absolute Gasteiger partial charge is 0.242 e. The molecular weight excluding hydrogens is 394 g/mol. The monoisotopic (exact) mass is 412 g/mol. The molecule has 0 bridgehead atoms. The Bertz CT molecular complexity index is 992. The van der Waals surface area contributed by atoms with E-state index >= 15 is 0 Å². The first-order chi connectivity index (χ1) is 13.9. The van der Waals surface area contributed by atoms with Gasteiger partial charge in [0.15, 0.2) is 5.17 Å². The third kappa shape index (κ3) is 4.75. The van der Waals surface area contributed by atoms with Crippen molar-refractivity contribution in [2.24, 2.45) is 4.99 Å². The fourth-order valence-electron chi connectivity index (χ4n) is 2.73. The molecule has 150 valence electrons. The topological polar surface area (TPSA) is 111 Å². The van der Waals surface area contributed by atoms with E-state index in [9.17, 15) is 19.5 Å². The van der Waals surface area contributed by atoms with Crippen molar-refractivity contribution in [2.75, 3.05) is 19.5 Å². The van der Waals surface area contributed by atoms with Crippen LogP contribution in [0.1, 0.15) is 16.8 Å². The molecule has 1 aliphatic heterocycles. The van der Waals surface area contributed by atoms with E-state index in [1.807, 2.05) is 12.1 Å². The largest absolute Gasteiger partial charge is 0.545 e. The van der Waals surface area contributed by atoms with E-state index in [0.29, 0.717) is 22.3 Å². The number of nitrogens with one attached hydrogen (secondary N) is 1. The fraction of sp³-hybridized carbons (Fsp3) is 0.200. The number of hydrogen-bond acceptors (Lipinski definition) is 7. The summed E-state index contributed by atoms with van der Waals surface area (Å²) in [4.78, 5) is 41.7. The zero-order chi connectivity index (χ0) is 21.0. The molecule has 0 radical (unpaired) electrons. The lowest BCUT2D eigenvalue weighted by Crippen LogP contribution is -2.30. The van der Waals surface area contributed by atoms with Crippen molar-refractivity contribution in [3.05, 3.63) is 54.1 Å². The molecule has 1 aliphatic rings. The number of benzene rings is 2. The van der Waals surface area contributed by atoms with Crippen LogP contribution in [0.25, 0.3) is 0 Å². The van der Waals surface area contributed by atoms with Gasteiger partial charge in [0.25, 0.3) is 0 Å². The molecule has 3 rings (SSSR count). The highest BCUT2D eigenvalue weighted by atomic mass is 32.2. The number of amidine groups is 1. The van der Waals surface area contributed by atoms with E-state index in [1.54, 1.807) is 25.2 Å². The van der Waals surface area contributed by atoms with Crippen LogP contribution in [0, 0.1) is 0 Å². The Morgan fingerprint density at radius 3 is 2.72 bits per heavy atom. The Balaban J connectivity index is 1.70. The van der Waals surface area contributed by atoms with E-state index in [1.165, 1.54) is 42.0 Å². The molecule has 0 unspecified atom stereocenters. The minimum atomic E-state index is -1.33. The lowest BCUT2D eigenvalue weighted by atomic mass is 10.2. The minimum Gasteiger partial charge on any atom is -0.545 e. The van der Waals surface area contributed by atoms with Gasteiger partial charge in [-0.15, -0.1) is 0 Å². The summed E-state index contributed by atoms with van der Waals surface area (Å²) in [6, 6.07) is 12.9. The second kappa shape index (κ2) is 8.78. The van der Waals surface area contributed by atoms with Crippen LogP contribution in [-0.2, 0) is 9.59 Å². The van der Waals surface area contributed by atoms with Crippen molar-refractivity contribution in [3.8, 4) is 5.75 Å². The van der Waals surface area contributed by atoms with Crippen LogP contribution >= 0.6 is 11.8 Å². The average Bonchev–Trinajstić information content (AvgIpc) is 2.96. The van der Waals surface area contributed by atoms with Crippen LogP contribution < -0.4 is 15.2 Å². The highest BCUT2D eigenvalue weighted by molar-refractivity contribution is 8.15. The minimum absolute atomic E-state index is 0.0416. The Labute approximate surface area is 171 Å². The number of amides is 2. The first-order valence-corrected chi connectivity index (χ1v) is 9.54. The van der Waals surface area contributed by atoms with Crippen molar-refractivity contribution < 1.29 is 24.2 Å². The summed E-state index contributed by atoms with van der Waals surface area (Å²) in [6.07, 6.45) is -0.0751. The number of carbonyl (C=O) groups excluding carboxylic acids is 3. The van der Waals surface area contributed by atoms with Crippen LogP contribution in [0.5, 0.6) is 5.75 Å². The van der Waals surface area contributed by atoms with Gasteiger partial charge < -0.3 is 20.0 Å². The van der Waals surface area contributed by atoms with Gasteiger partial charge in [0.1, 0.15) is 16.7 Å². The molecule has 0 spiro atoms. The highest BCUT2D eigenvalue weighted by Crippen LogP contribution is 2.33. The number of carboxylic acid groups (broad SMARTS) is 1. The summed E-state index contributed by atoms with van der Waals surface area (Å²) in [5, 5.41) is 13.4. The van der Waals surface area contributed by atoms with Gasteiger partial charge in [-0.25, -0.2) is 4.99 Å². The van der Waals surface area contributed by atoms with E-state index in [4.69, 9.17) is 4.74 Å². The van der Waals surface area contributed by atoms with Crippen LogP contribution in [0.3, 0.4) is 0 Å². The van der Waals surface area contributed by atoms with E-state index in [0.717, 1.165) is 0 Å². The molecule has 0 saturated carbocycles. The number of carboxylic acids is 1. The lowest BCUT2D eigenvalue weighted by molar-refractivity contribution is -0.255. The number of ether oxygens (including phenoxy) is 1. The zero-order valence-corrected chi connectivity index (χ0v) is 16.6. The molecule has 29 heavy (non-hydrogen) atoms. The molecule has 8 nitrogen and oxygen atoms in total. The summed E-state index contributed by atoms with van der Waals surface area (Å²) in [6.45, 7) is 0. The van der Waals surface area contributed by atoms with E-state index < -0.39 is 17.1 Å². The lowest BCUT2D eigenvalue weighted by Gasteiger charge is -2.10. The zero-order valence-electron chi connectivity index (χ0n) is 15.7. The van der Waals surface area contributed by atoms with Crippen LogP contribution in [0.4, 0.5) is 11.4 Å². The van der Waals surface area contributed by atoms with Gasteiger partial charge in [0.2, 0.25) is 11.8 Å². The molecule has 1 saturated heterocycles. The maximum atomic E-state index is 12.5. The number of aliphatic imine (C=N–C) groups is 1. The standard InChI is InChI=1S/C20H19N3O5S/c1-23-18(25)16(29-20(23)22-14-8-3-4-9-15(14)28-2)11-17(24)21-13-7-5-6-12(10-13)19(26)27/h3-10,16H,11H2,1-2H3,(H,21,24)(H,26,27)/p-1/t16-/m1/s1. The predicted molar refractivity (Wildman–Crippen MR) is 108 cm³/mol. The summed E-state index contributed by atoms with van der Waals surface area (Å²) in [7, 11) is 3.14. The number of rotatable bonds is 6. The number of hydrogen-bond donors (Lipinski definition) is 1. The van der Waals surface area contributed by atoms with Gasteiger partial charge >= 0.3 is 0 Å². The van der Waals surface area contributed by atoms with E-state index in [-0.39, 0.29) is 17.9 Å². The molecule has 9 heteroatoms. The van der Waals surface area contributed by atoms with Crippen molar-refractivity contribution in [2.45, 2.75) is 11.7 Å². The van der Waals surface area contributed by atoms with Crippen LogP contribution in [0.15, 0.2) is 53.5 Å². The van der Waals surface area contributed by atoms with Crippen LogP contribution in [0.2, 0.25) is 0 Å². The number of para-hydroxylation sites is 2. The Kier molecular flexibility index (Phi) is 6.18. The maximum Gasteiger partial charge on any atom is 0.242 e. The molecule has 1 N–H and O–H groups in total. The Morgan fingerprint density at radius 2 is 2.00 bits per heavy atom. The summed E-state index contributed by atoms with van der Waals surface area (Å²) in [5.41, 5.74) is 0.866. The van der Waals surface area contributed by atoms with Gasteiger partial charge in [-0.3, -0.25) is 14.5 Å². The maximum absolute atomic E-state index is 12.5. The SMILES string of the molecule is COc1ccccc1N=C1S[C@H](CC(=O)Nc2cccc(C(=O)[O-])c2)C(=O)N1C. The van der Waals surface area contributed by atoms with Gasteiger partial charge in [-0.05, 0) is 29.8 Å². The molecule has 2 aromatic carbocycles. The number of methoxy groups -OCH3 is 1. The first-order valence-electron chi connectivity index (χ1n) is 8.66. The van der Waals surface area contributed by atoms with Gasteiger partial charge in [-0.1, -0.05) is 36.0 Å². The summed E-state index contributed by atoms with van der Waals surface area (Å²) in [5.74, 6) is -1.39. The number of aromatic carboxylic acids is 1. The second-order valence-corrected chi connectivity index (χ2v) is 7.36. The Hall–Kier alpha value is -3.33. The quantitative estimate of drug-likeness (QED) is 0.772. The molecule has 1 heterocycles. The average molecular weight is 412 g/mol. The molecule has 2 amide bonds. The third-order valence-corrected chi connectivity index (χ3v) is 5.42. The van der Waals surface area contributed by atoms with Crippen molar-refractivity contribution in [1.29, 1.82) is 0 Å². The third-order valence-electron chi connectivity index (χ3n) is 4.19. The molecule has 1 fully saturated rings. The molecular formula is C20H18N3O5S-. The van der Waals surface area contributed by atoms with Crippen molar-refractivity contribution in [1.82, 2.24) is 4.90 Å². The Morgan fingerprint density at radius 1 is 1.24 bits per heavy atom. The molecule has 1 atom stereocenters. The van der Waals surface area contributed by atoms with Crippen LogP contribution in [-0.4, -0.2) is 47.3 Å². The summed E-state index contributed by atoms with van der Waals surface area (Å²) >= 11 is 1.19.